The third-order valence-electron chi connectivity index (χ3n) is 4.24. The van der Waals surface area contributed by atoms with E-state index in [4.69, 9.17) is 4.74 Å². The fourth-order valence-corrected chi connectivity index (χ4v) is 2.75. The second-order valence-electron chi connectivity index (χ2n) is 6.81. The van der Waals surface area contributed by atoms with Gasteiger partial charge in [-0.3, -0.25) is 4.79 Å². The molecule has 0 aromatic heterocycles. The Hall–Kier alpha value is -2.08. The summed E-state index contributed by atoms with van der Waals surface area (Å²) in [6.45, 7) is 10.1. The summed E-state index contributed by atoms with van der Waals surface area (Å²) in [6.07, 6.45) is 2.45. The summed E-state index contributed by atoms with van der Waals surface area (Å²) in [5.74, 6) is 0.815. The van der Waals surface area contributed by atoms with E-state index in [-0.39, 0.29) is 18.6 Å². The average molecular weight is 361 g/mol. The molecule has 0 aliphatic carbocycles. The molecule has 6 heteroatoms. The lowest BCUT2D eigenvalue weighted by Crippen LogP contribution is -2.44. The maximum absolute atomic E-state index is 12.1. The van der Waals surface area contributed by atoms with Crippen LogP contribution in [0.1, 0.15) is 44.7 Å². The van der Waals surface area contributed by atoms with Gasteiger partial charge in [-0.05, 0) is 44.7 Å². The number of nitrogens with one attached hydrogen (secondary N) is 2. The number of amides is 1. The molecule has 1 aliphatic rings. The van der Waals surface area contributed by atoms with Gasteiger partial charge in [-0.1, -0.05) is 24.3 Å². The molecule has 0 unspecified atom stereocenters. The number of hydrogen-bond acceptors (Lipinski definition) is 3. The monoisotopic (exact) mass is 360 g/mol. The summed E-state index contributed by atoms with van der Waals surface area (Å²) < 4.78 is 5.61. The first-order valence-corrected chi connectivity index (χ1v) is 9.58. The molecule has 0 atom stereocenters. The number of guanidine groups is 1. The Labute approximate surface area is 157 Å². The molecule has 144 valence electrons. The van der Waals surface area contributed by atoms with E-state index in [2.05, 4.69) is 39.9 Å². The highest BCUT2D eigenvalue weighted by molar-refractivity contribution is 5.86. The van der Waals surface area contributed by atoms with Crippen molar-refractivity contribution < 1.29 is 9.53 Å². The molecule has 6 nitrogen and oxygen atoms in total. The van der Waals surface area contributed by atoms with E-state index in [0.717, 1.165) is 43.6 Å². The normalized spacial score (nSPS) is 14.8. The molecule has 0 spiro atoms. The Balaban J connectivity index is 1.84. The number of nitrogens with zero attached hydrogens (tertiary/aromatic N) is 2. The zero-order valence-electron chi connectivity index (χ0n) is 16.3. The summed E-state index contributed by atoms with van der Waals surface area (Å²) >= 11 is 0. The van der Waals surface area contributed by atoms with E-state index in [1.54, 1.807) is 0 Å². The van der Waals surface area contributed by atoms with Gasteiger partial charge in [-0.2, -0.15) is 0 Å². The van der Waals surface area contributed by atoms with Crippen LogP contribution in [0.4, 0.5) is 0 Å². The van der Waals surface area contributed by atoms with Crippen LogP contribution in [-0.2, 0) is 22.7 Å². The fourth-order valence-electron chi connectivity index (χ4n) is 2.75. The minimum Gasteiger partial charge on any atom is -0.374 e. The smallest absolute Gasteiger partial charge is 0.241 e. The van der Waals surface area contributed by atoms with Gasteiger partial charge in [0.25, 0.3) is 0 Å². The lowest BCUT2D eigenvalue weighted by molar-refractivity contribution is -0.128. The van der Waals surface area contributed by atoms with Crippen LogP contribution in [0.25, 0.3) is 0 Å². The highest BCUT2D eigenvalue weighted by Gasteiger charge is 2.17. The molecule has 2 N–H and O–H groups in total. The molecule has 0 saturated carbocycles. The van der Waals surface area contributed by atoms with Crippen LogP contribution in [0.3, 0.4) is 0 Å². The van der Waals surface area contributed by atoms with Gasteiger partial charge in [0.2, 0.25) is 5.91 Å². The number of aliphatic imine (C=N–C) groups is 1. The van der Waals surface area contributed by atoms with Crippen LogP contribution in [0, 0.1) is 0 Å². The summed E-state index contributed by atoms with van der Waals surface area (Å²) in [5, 5.41) is 6.33. The van der Waals surface area contributed by atoms with Gasteiger partial charge < -0.3 is 20.3 Å². The molecular weight excluding hydrogens is 328 g/mol. The lowest BCUT2D eigenvalue weighted by atomic mass is 10.1. The molecular formula is C20H32N4O2. The zero-order valence-corrected chi connectivity index (χ0v) is 16.3. The number of rotatable bonds is 8. The van der Waals surface area contributed by atoms with Crippen molar-refractivity contribution in [2.75, 3.05) is 26.2 Å². The van der Waals surface area contributed by atoms with Gasteiger partial charge in [0, 0.05) is 19.6 Å². The van der Waals surface area contributed by atoms with Gasteiger partial charge in [-0.25, -0.2) is 4.99 Å². The van der Waals surface area contributed by atoms with Crippen molar-refractivity contribution in [2.45, 2.75) is 52.9 Å². The highest BCUT2D eigenvalue weighted by atomic mass is 16.5. The molecule has 1 saturated heterocycles. The SMILES string of the molecule is CCNC(=NCc1ccc(COC(C)C)cc1)NCC(=O)N1CCCC1. The summed E-state index contributed by atoms with van der Waals surface area (Å²) in [7, 11) is 0. The van der Waals surface area contributed by atoms with Crippen molar-refractivity contribution >= 4 is 11.9 Å². The highest BCUT2D eigenvalue weighted by Crippen LogP contribution is 2.08. The number of likely N-dealkylation sites (tertiary alicyclic amines) is 1. The molecule has 2 rings (SSSR count). The molecule has 1 amide bonds. The number of carbonyl (C=O) groups excluding carboxylic acids is 1. The van der Waals surface area contributed by atoms with Gasteiger partial charge >= 0.3 is 0 Å². The second kappa shape index (κ2) is 10.8. The Morgan fingerprint density at radius 1 is 1.15 bits per heavy atom. The van der Waals surface area contributed by atoms with Crippen molar-refractivity contribution in [3.8, 4) is 0 Å². The Bertz CT molecular complexity index is 578. The lowest BCUT2D eigenvalue weighted by Gasteiger charge is -2.17. The van der Waals surface area contributed by atoms with Crippen LogP contribution in [0.2, 0.25) is 0 Å². The second-order valence-corrected chi connectivity index (χ2v) is 6.81. The largest absolute Gasteiger partial charge is 0.374 e. The third-order valence-corrected chi connectivity index (χ3v) is 4.24. The van der Waals surface area contributed by atoms with Crippen LogP contribution < -0.4 is 10.6 Å². The minimum atomic E-state index is 0.141. The third kappa shape index (κ3) is 7.04. The molecule has 1 aliphatic heterocycles. The van der Waals surface area contributed by atoms with E-state index in [9.17, 15) is 4.79 Å². The Morgan fingerprint density at radius 2 is 1.81 bits per heavy atom. The molecule has 1 aromatic carbocycles. The number of hydrogen-bond donors (Lipinski definition) is 2. The standard InChI is InChI=1S/C20H32N4O2/c1-4-21-20(23-14-19(25)24-11-5-6-12-24)22-13-17-7-9-18(10-8-17)15-26-16(2)3/h7-10,16H,4-6,11-15H2,1-3H3,(H2,21,22,23). The summed E-state index contributed by atoms with van der Waals surface area (Å²) in [4.78, 5) is 18.6. The van der Waals surface area contributed by atoms with Crippen molar-refractivity contribution in [1.82, 2.24) is 15.5 Å². The van der Waals surface area contributed by atoms with Crippen molar-refractivity contribution in [2.24, 2.45) is 4.99 Å². The number of benzene rings is 1. The van der Waals surface area contributed by atoms with Crippen LogP contribution in [0.15, 0.2) is 29.3 Å². The van der Waals surface area contributed by atoms with Gasteiger partial charge in [0.1, 0.15) is 0 Å². The van der Waals surface area contributed by atoms with E-state index in [1.807, 2.05) is 25.7 Å². The quantitative estimate of drug-likeness (QED) is 0.551. The van der Waals surface area contributed by atoms with Gasteiger partial charge in [0.05, 0.1) is 25.8 Å². The maximum atomic E-state index is 12.1. The average Bonchev–Trinajstić information content (AvgIpc) is 3.17. The Morgan fingerprint density at radius 3 is 2.42 bits per heavy atom. The van der Waals surface area contributed by atoms with E-state index < -0.39 is 0 Å². The van der Waals surface area contributed by atoms with Crippen molar-refractivity contribution in [3.05, 3.63) is 35.4 Å². The first-order chi connectivity index (χ1) is 12.6. The summed E-state index contributed by atoms with van der Waals surface area (Å²) in [6, 6.07) is 8.29. The predicted molar refractivity (Wildman–Crippen MR) is 105 cm³/mol. The number of carbonyl (C=O) groups is 1. The Kier molecular flexibility index (Phi) is 8.41. The fraction of sp³-hybridized carbons (Fsp3) is 0.600. The van der Waals surface area contributed by atoms with Gasteiger partial charge in [-0.15, -0.1) is 0 Å². The van der Waals surface area contributed by atoms with E-state index in [1.165, 1.54) is 0 Å². The first-order valence-electron chi connectivity index (χ1n) is 9.58. The topological polar surface area (TPSA) is 66.0 Å². The summed E-state index contributed by atoms with van der Waals surface area (Å²) in [5.41, 5.74) is 2.29. The minimum absolute atomic E-state index is 0.141. The maximum Gasteiger partial charge on any atom is 0.241 e. The molecule has 0 bridgehead atoms. The van der Waals surface area contributed by atoms with Crippen LogP contribution in [-0.4, -0.2) is 49.0 Å². The molecule has 1 heterocycles. The van der Waals surface area contributed by atoms with Gasteiger partial charge in [0.15, 0.2) is 5.96 Å². The predicted octanol–water partition coefficient (Wildman–Crippen LogP) is 2.29. The molecule has 1 fully saturated rings. The van der Waals surface area contributed by atoms with Crippen LogP contribution >= 0.6 is 0 Å². The van der Waals surface area contributed by atoms with E-state index in [0.29, 0.717) is 19.1 Å². The van der Waals surface area contributed by atoms with E-state index >= 15 is 0 Å². The zero-order chi connectivity index (χ0) is 18.8. The van der Waals surface area contributed by atoms with Crippen molar-refractivity contribution in [1.29, 1.82) is 0 Å². The molecule has 26 heavy (non-hydrogen) atoms. The molecule has 1 aromatic rings. The first kappa shape index (κ1) is 20.2. The van der Waals surface area contributed by atoms with Crippen molar-refractivity contribution in [3.63, 3.8) is 0 Å². The molecule has 0 radical (unpaired) electrons. The number of ether oxygens (including phenoxy) is 1. The van der Waals surface area contributed by atoms with Crippen LogP contribution in [0.5, 0.6) is 0 Å².